The molecule has 34 heavy (non-hydrogen) atoms. The molecule has 2 aromatic rings. The Morgan fingerprint density at radius 3 is 2.41 bits per heavy atom. The van der Waals surface area contributed by atoms with Gasteiger partial charge in [-0.05, 0) is 43.9 Å². The van der Waals surface area contributed by atoms with Crippen LogP contribution in [-0.4, -0.2) is 45.4 Å². The van der Waals surface area contributed by atoms with Gasteiger partial charge in [0.1, 0.15) is 11.6 Å². The van der Waals surface area contributed by atoms with Crippen LogP contribution in [0.15, 0.2) is 54.6 Å². The normalized spacial score (nSPS) is 26.2. The number of benzene rings is 2. The Hall–Kier alpha value is -2.94. The molecule has 0 bridgehead atoms. The van der Waals surface area contributed by atoms with Crippen LogP contribution in [-0.2, 0) is 15.1 Å². The maximum Gasteiger partial charge on any atom is 0.411 e. The van der Waals surface area contributed by atoms with Crippen molar-refractivity contribution in [3.8, 4) is 0 Å². The maximum absolute atomic E-state index is 13.2. The molecule has 2 heterocycles. The summed E-state index contributed by atoms with van der Waals surface area (Å²) in [5.41, 5.74) is 6.80. The molecule has 4 N–H and O–H groups in total. The maximum atomic E-state index is 13.2. The van der Waals surface area contributed by atoms with Crippen LogP contribution in [0.5, 0.6) is 0 Å². The standard InChI is InChI=1S/C26H33N3O5/c1-17(18-9-11-19(12-10-18)21-15-22(23(30)31)28-27-21)29-14-13-26(34-24(29)32,16-25(2,3)33)20-7-5-4-6-8-20/h4-12,17,21-22,27-28,33H,13-16H2,1-3H3,(H,30,31)/t17-,21?,22?,26-/m0/s1. The molecule has 0 aromatic heterocycles. The van der Waals surface area contributed by atoms with Crippen LogP contribution in [0.4, 0.5) is 4.79 Å². The van der Waals surface area contributed by atoms with Gasteiger partial charge in [0, 0.05) is 25.4 Å². The van der Waals surface area contributed by atoms with Gasteiger partial charge in [0.25, 0.3) is 0 Å². The van der Waals surface area contributed by atoms with Crippen molar-refractivity contribution in [2.24, 2.45) is 0 Å². The third-order valence-corrected chi connectivity index (χ3v) is 6.78. The SMILES string of the molecule is C[C@@H](c1ccc(C2CC(C(=O)O)NN2)cc1)N1CC[C@](CC(C)(C)O)(c2ccccc2)OC1=O. The van der Waals surface area contributed by atoms with Crippen LogP contribution in [0.1, 0.15) is 68.8 Å². The number of ether oxygens (including phenoxy) is 1. The number of carboxylic acids is 1. The Morgan fingerprint density at radius 1 is 1.18 bits per heavy atom. The van der Waals surface area contributed by atoms with E-state index in [1.807, 2.05) is 61.5 Å². The van der Waals surface area contributed by atoms with Gasteiger partial charge in [0.2, 0.25) is 0 Å². The van der Waals surface area contributed by atoms with E-state index in [1.54, 1.807) is 18.7 Å². The molecule has 0 radical (unpaired) electrons. The quantitative estimate of drug-likeness (QED) is 0.492. The molecule has 0 saturated carbocycles. The second-order valence-electron chi connectivity index (χ2n) is 9.97. The van der Waals surface area contributed by atoms with Gasteiger partial charge in [0.05, 0.1) is 11.6 Å². The van der Waals surface area contributed by atoms with Gasteiger partial charge in [-0.2, -0.15) is 0 Å². The lowest BCUT2D eigenvalue weighted by atomic mass is 9.80. The van der Waals surface area contributed by atoms with Crippen molar-refractivity contribution in [1.82, 2.24) is 15.8 Å². The van der Waals surface area contributed by atoms with Gasteiger partial charge in [-0.1, -0.05) is 54.6 Å². The number of carbonyl (C=O) groups excluding carboxylic acids is 1. The van der Waals surface area contributed by atoms with Crippen LogP contribution >= 0.6 is 0 Å². The van der Waals surface area contributed by atoms with Crippen LogP contribution in [0.25, 0.3) is 0 Å². The van der Waals surface area contributed by atoms with E-state index in [0.717, 1.165) is 16.7 Å². The van der Waals surface area contributed by atoms with E-state index in [2.05, 4.69) is 10.9 Å². The Morgan fingerprint density at radius 2 is 1.85 bits per heavy atom. The fourth-order valence-corrected chi connectivity index (χ4v) is 5.01. The number of hydrogen-bond donors (Lipinski definition) is 4. The van der Waals surface area contributed by atoms with Crippen molar-refractivity contribution >= 4 is 12.1 Å². The van der Waals surface area contributed by atoms with Gasteiger partial charge in [-0.15, -0.1) is 0 Å². The fraction of sp³-hybridized carbons (Fsp3) is 0.462. The summed E-state index contributed by atoms with van der Waals surface area (Å²) in [7, 11) is 0. The summed E-state index contributed by atoms with van der Waals surface area (Å²) in [6.45, 7) is 5.93. The molecule has 4 rings (SSSR count). The zero-order valence-corrected chi connectivity index (χ0v) is 19.8. The summed E-state index contributed by atoms with van der Waals surface area (Å²) in [4.78, 5) is 26.1. The van der Waals surface area contributed by atoms with E-state index in [9.17, 15) is 19.8 Å². The average Bonchev–Trinajstić information content (AvgIpc) is 3.29. The number of hydrazine groups is 1. The van der Waals surface area contributed by atoms with Gasteiger partial charge < -0.3 is 19.8 Å². The Bertz CT molecular complexity index is 1020. The van der Waals surface area contributed by atoms with E-state index >= 15 is 0 Å². The van der Waals surface area contributed by atoms with E-state index in [0.29, 0.717) is 25.8 Å². The van der Waals surface area contributed by atoms with Crippen molar-refractivity contribution < 1.29 is 24.5 Å². The predicted molar refractivity (Wildman–Crippen MR) is 127 cm³/mol. The molecule has 4 atom stereocenters. The highest BCUT2D eigenvalue weighted by Gasteiger charge is 2.46. The lowest BCUT2D eigenvalue weighted by Gasteiger charge is -2.45. The van der Waals surface area contributed by atoms with Crippen molar-refractivity contribution in [2.75, 3.05) is 6.54 Å². The number of carbonyl (C=O) groups is 2. The van der Waals surface area contributed by atoms with Crippen molar-refractivity contribution in [3.05, 3.63) is 71.3 Å². The minimum absolute atomic E-state index is 0.0845. The highest BCUT2D eigenvalue weighted by atomic mass is 16.6. The number of nitrogens with one attached hydrogen (secondary N) is 2. The minimum Gasteiger partial charge on any atom is -0.480 e. The number of nitrogens with zero attached hydrogens (tertiary/aromatic N) is 1. The van der Waals surface area contributed by atoms with Gasteiger partial charge in [-0.3, -0.25) is 4.79 Å². The molecule has 8 nitrogen and oxygen atoms in total. The molecule has 2 saturated heterocycles. The Kier molecular flexibility index (Phi) is 6.66. The van der Waals surface area contributed by atoms with E-state index < -0.39 is 29.3 Å². The molecular formula is C26H33N3O5. The lowest BCUT2D eigenvalue weighted by Crippen LogP contribution is -2.51. The Labute approximate surface area is 199 Å². The third kappa shape index (κ3) is 5.09. The number of rotatable bonds is 7. The first-order chi connectivity index (χ1) is 16.1. The summed E-state index contributed by atoms with van der Waals surface area (Å²) < 4.78 is 6.08. The lowest BCUT2D eigenvalue weighted by molar-refractivity contribution is -0.139. The monoisotopic (exact) mass is 467 g/mol. The zero-order chi connectivity index (χ0) is 24.5. The summed E-state index contributed by atoms with van der Waals surface area (Å²) in [6.07, 6.45) is 0.947. The topological polar surface area (TPSA) is 111 Å². The molecule has 2 unspecified atom stereocenters. The molecular weight excluding hydrogens is 434 g/mol. The van der Waals surface area contributed by atoms with Crippen molar-refractivity contribution in [1.29, 1.82) is 0 Å². The van der Waals surface area contributed by atoms with E-state index in [-0.39, 0.29) is 12.1 Å². The number of carboxylic acid groups (broad SMARTS) is 1. The second kappa shape index (κ2) is 9.37. The van der Waals surface area contributed by atoms with Crippen molar-refractivity contribution in [2.45, 2.75) is 69.4 Å². The second-order valence-corrected chi connectivity index (χ2v) is 9.97. The predicted octanol–water partition coefficient (Wildman–Crippen LogP) is 3.64. The highest BCUT2D eigenvalue weighted by Crippen LogP contribution is 2.42. The first-order valence-corrected chi connectivity index (χ1v) is 11.7. The summed E-state index contributed by atoms with van der Waals surface area (Å²) in [5.74, 6) is -0.875. The number of amides is 1. The number of hydrogen-bond acceptors (Lipinski definition) is 6. The number of aliphatic hydroxyl groups is 1. The average molecular weight is 468 g/mol. The molecule has 0 aliphatic carbocycles. The summed E-state index contributed by atoms with van der Waals surface area (Å²) in [5, 5.41) is 19.7. The first-order valence-electron chi connectivity index (χ1n) is 11.7. The first kappa shape index (κ1) is 24.2. The van der Waals surface area contributed by atoms with Crippen LogP contribution in [0, 0.1) is 0 Å². The molecule has 0 spiro atoms. The van der Waals surface area contributed by atoms with E-state index in [4.69, 9.17) is 4.74 Å². The largest absolute Gasteiger partial charge is 0.480 e. The Balaban J connectivity index is 1.47. The number of cyclic esters (lactones) is 1. The molecule has 2 aromatic carbocycles. The molecule has 1 amide bonds. The van der Waals surface area contributed by atoms with Crippen LogP contribution in [0.3, 0.4) is 0 Å². The van der Waals surface area contributed by atoms with Crippen molar-refractivity contribution in [3.63, 3.8) is 0 Å². The summed E-state index contributed by atoms with van der Waals surface area (Å²) >= 11 is 0. The third-order valence-electron chi connectivity index (χ3n) is 6.78. The molecule has 2 aliphatic heterocycles. The van der Waals surface area contributed by atoms with Gasteiger partial charge >= 0.3 is 12.1 Å². The summed E-state index contributed by atoms with van der Waals surface area (Å²) in [6, 6.07) is 16.6. The smallest absolute Gasteiger partial charge is 0.411 e. The molecule has 8 heteroatoms. The minimum atomic E-state index is -0.998. The van der Waals surface area contributed by atoms with Crippen LogP contribution in [0.2, 0.25) is 0 Å². The number of aliphatic carboxylic acids is 1. The zero-order valence-electron chi connectivity index (χ0n) is 19.8. The fourth-order valence-electron chi connectivity index (χ4n) is 5.01. The van der Waals surface area contributed by atoms with E-state index in [1.165, 1.54) is 0 Å². The molecule has 2 fully saturated rings. The highest BCUT2D eigenvalue weighted by molar-refractivity contribution is 5.74. The van der Waals surface area contributed by atoms with Crippen LogP contribution < -0.4 is 10.9 Å². The molecule has 182 valence electrons. The van der Waals surface area contributed by atoms with Gasteiger partial charge in [0.15, 0.2) is 0 Å². The molecule has 2 aliphatic rings. The van der Waals surface area contributed by atoms with Gasteiger partial charge in [-0.25, -0.2) is 15.6 Å².